The Morgan fingerprint density at radius 3 is 1.51 bits per heavy atom. The summed E-state index contributed by atoms with van der Waals surface area (Å²) in [5.41, 5.74) is 10.5. The average Bonchev–Trinajstić information content (AvgIpc) is 2.72. The minimum Gasteiger partial charge on any atom is -0.481 e. The third kappa shape index (κ3) is 13.1. The van der Waals surface area contributed by atoms with Crippen LogP contribution in [0.25, 0.3) is 0 Å². The van der Waals surface area contributed by atoms with Crippen molar-refractivity contribution < 1.29 is 58.8 Å². The molecule has 0 aliphatic heterocycles. The van der Waals surface area contributed by atoms with Crippen LogP contribution >= 0.6 is 0 Å². The Morgan fingerprint density at radius 2 is 1.06 bits per heavy atom. The molecule has 4 atom stereocenters. The summed E-state index contributed by atoms with van der Waals surface area (Å²) in [5, 5.41) is 41.6. The van der Waals surface area contributed by atoms with E-state index in [1.807, 2.05) is 10.6 Å². The number of rotatable bonds is 17. The van der Waals surface area contributed by atoms with Crippen LogP contribution in [-0.4, -0.2) is 92.1 Å². The summed E-state index contributed by atoms with van der Waals surface area (Å²) < 4.78 is 0. The van der Waals surface area contributed by atoms with Crippen LogP contribution in [-0.2, 0) is 38.4 Å². The number of nitrogens with two attached hydrogens (primary N) is 2. The molecule has 4 amide bonds. The number of carboxylic acid groups (broad SMARTS) is 4. The molecule has 17 heteroatoms. The lowest BCUT2D eigenvalue weighted by Crippen LogP contribution is -2.57. The van der Waals surface area contributed by atoms with E-state index in [9.17, 15) is 38.4 Å². The zero-order valence-corrected chi connectivity index (χ0v) is 18.3. The number of carbonyl (C=O) groups is 8. The van der Waals surface area contributed by atoms with Crippen molar-refractivity contribution in [1.29, 1.82) is 0 Å². The van der Waals surface area contributed by atoms with Gasteiger partial charge in [0.1, 0.15) is 18.1 Å². The Hall–Kier alpha value is -4.28. The third-order valence-corrected chi connectivity index (χ3v) is 4.32. The Labute approximate surface area is 197 Å². The van der Waals surface area contributed by atoms with Crippen molar-refractivity contribution in [3.63, 3.8) is 0 Å². The van der Waals surface area contributed by atoms with Crippen LogP contribution in [0.5, 0.6) is 0 Å². The van der Waals surface area contributed by atoms with Crippen LogP contribution in [0.2, 0.25) is 0 Å². The largest absolute Gasteiger partial charge is 0.481 e. The molecule has 11 N–H and O–H groups in total. The highest BCUT2D eigenvalue weighted by atomic mass is 16.4. The molecule has 0 fully saturated rings. The highest BCUT2D eigenvalue weighted by Crippen LogP contribution is 2.04. The molecule has 0 aromatic heterocycles. The molecule has 0 aliphatic rings. The molecule has 35 heavy (non-hydrogen) atoms. The Kier molecular flexibility index (Phi) is 13.0. The molecule has 0 saturated carbocycles. The van der Waals surface area contributed by atoms with E-state index in [-0.39, 0.29) is 6.42 Å². The molecule has 17 nitrogen and oxygen atoms in total. The number of amides is 4. The second-order valence-electron chi connectivity index (χ2n) is 7.26. The van der Waals surface area contributed by atoms with E-state index in [1.165, 1.54) is 0 Å². The molecule has 0 heterocycles. The van der Waals surface area contributed by atoms with Crippen LogP contribution in [0, 0.1) is 0 Å². The maximum absolute atomic E-state index is 12.7. The maximum atomic E-state index is 12.7. The van der Waals surface area contributed by atoms with E-state index in [2.05, 4.69) is 5.32 Å². The second-order valence-corrected chi connectivity index (χ2v) is 7.26. The van der Waals surface area contributed by atoms with Crippen molar-refractivity contribution in [3.8, 4) is 0 Å². The Balaban J connectivity index is 5.59. The lowest BCUT2D eigenvalue weighted by Gasteiger charge is -2.24. The van der Waals surface area contributed by atoms with Gasteiger partial charge in [0.25, 0.3) is 0 Å². The molecule has 0 aliphatic carbocycles. The Bertz CT molecular complexity index is 861. The summed E-state index contributed by atoms with van der Waals surface area (Å²) in [6.07, 6.45) is -3.82. The lowest BCUT2D eigenvalue weighted by molar-refractivity contribution is -0.145. The summed E-state index contributed by atoms with van der Waals surface area (Å²) in [6, 6.07) is -6.73. The zero-order chi connectivity index (χ0) is 27.3. The molecule has 0 bridgehead atoms. The van der Waals surface area contributed by atoms with Crippen molar-refractivity contribution in [1.82, 2.24) is 16.0 Å². The van der Waals surface area contributed by atoms with Crippen molar-refractivity contribution >= 4 is 47.5 Å². The normalized spacial score (nSPS) is 13.9. The molecule has 4 unspecified atom stereocenters. The van der Waals surface area contributed by atoms with Gasteiger partial charge in [0.15, 0.2) is 0 Å². The first-order valence-corrected chi connectivity index (χ1v) is 9.97. The van der Waals surface area contributed by atoms with E-state index in [1.54, 1.807) is 0 Å². The summed E-state index contributed by atoms with van der Waals surface area (Å²) in [7, 11) is 0. The van der Waals surface area contributed by atoms with E-state index in [4.69, 9.17) is 31.9 Å². The number of nitrogens with one attached hydrogen (secondary N) is 3. The molecule has 0 radical (unpaired) electrons. The van der Waals surface area contributed by atoms with Crippen molar-refractivity contribution in [2.45, 2.75) is 62.7 Å². The van der Waals surface area contributed by atoms with Crippen LogP contribution in [0.3, 0.4) is 0 Å². The Morgan fingerprint density at radius 1 is 0.600 bits per heavy atom. The van der Waals surface area contributed by atoms with E-state index in [0.717, 1.165) is 0 Å². The van der Waals surface area contributed by atoms with Crippen molar-refractivity contribution in [3.05, 3.63) is 0 Å². The second kappa shape index (κ2) is 14.8. The lowest BCUT2D eigenvalue weighted by atomic mass is 10.1. The SMILES string of the molecule is NC(=O)CC(NC(=O)C(CC(=O)O)NC(=O)C(CCC(=O)O)NC(=O)C(N)CCC(=O)O)C(=O)O. The number of carbonyl (C=O) groups excluding carboxylic acids is 4. The van der Waals surface area contributed by atoms with Crippen molar-refractivity contribution in [2.24, 2.45) is 11.5 Å². The fourth-order valence-corrected chi connectivity index (χ4v) is 2.56. The number of aliphatic carboxylic acids is 4. The van der Waals surface area contributed by atoms with Crippen LogP contribution in [0.1, 0.15) is 38.5 Å². The van der Waals surface area contributed by atoms with Gasteiger partial charge in [-0.25, -0.2) is 4.79 Å². The van der Waals surface area contributed by atoms with E-state index in [0.29, 0.717) is 0 Å². The van der Waals surface area contributed by atoms with Gasteiger partial charge in [0, 0.05) is 12.8 Å². The van der Waals surface area contributed by atoms with Gasteiger partial charge in [0.2, 0.25) is 23.6 Å². The molecular formula is C18H27N5O12. The highest BCUT2D eigenvalue weighted by Gasteiger charge is 2.32. The molecule has 0 aromatic rings. The fourth-order valence-electron chi connectivity index (χ4n) is 2.56. The minimum atomic E-state index is -1.89. The molecule has 0 rings (SSSR count). The highest BCUT2D eigenvalue weighted by molar-refractivity contribution is 5.96. The molecule has 0 saturated heterocycles. The molecular weight excluding hydrogens is 478 g/mol. The van der Waals surface area contributed by atoms with Crippen LogP contribution < -0.4 is 27.4 Å². The predicted octanol–water partition coefficient (Wildman–Crippen LogP) is -4.07. The summed E-state index contributed by atoms with van der Waals surface area (Å²) in [5.74, 6) is -10.5. The number of hydrogen-bond donors (Lipinski definition) is 9. The van der Waals surface area contributed by atoms with Gasteiger partial charge < -0.3 is 47.8 Å². The van der Waals surface area contributed by atoms with Gasteiger partial charge in [-0.15, -0.1) is 0 Å². The quantitative estimate of drug-likeness (QED) is 0.0909. The van der Waals surface area contributed by atoms with Crippen LogP contribution in [0.15, 0.2) is 0 Å². The van der Waals surface area contributed by atoms with E-state index < -0.39 is 104 Å². The third-order valence-electron chi connectivity index (χ3n) is 4.32. The zero-order valence-electron chi connectivity index (χ0n) is 18.3. The average molecular weight is 505 g/mol. The van der Waals surface area contributed by atoms with Gasteiger partial charge in [-0.05, 0) is 12.8 Å². The van der Waals surface area contributed by atoms with Gasteiger partial charge in [-0.2, -0.15) is 0 Å². The first kappa shape index (κ1) is 30.7. The van der Waals surface area contributed by atoms with Gasteiger partial charge in [0.05, 0.1) is 18.9 Å². The standard InChI is InChI=1S/C18H27N5O12/c19-7(1-3-12(25)26)15(31)21-8(2-4-13(27)28)16(32)22-9(6-14(29)30)17(33)23-10(18(34)35)5-11(20)24/h7-10H,1-6,19H2,(H2,20,24)(H,21,31)(H,22,32)(H,23,33)(H,25,26)(H,27,28)(H,29,30)(H,34,35). The van der Waals surface area contributed by atoms with Gasteiger partial charge in [-0.3, -0.25) is 33.6 Å². The first-order valence-electron chi connectivity index (χ1n) is 9.97. The predicted molar refractivity (Wildman–Crippen MR) is 111 cm³/mol. The maximum Gasteiger partial charge on any atom is 0.326 e. The van der Waals surface area contributed by atoms with Crippen molar-refractivity contribution in [2.75, 3.05) is 0 Å². The van der Waals surface area contributed by atoms with Gasteiger partial charge >= 0.3 is 23.9 Å². The van der Waals surface area contributed by atoms with E-state index >= 15 is 0 Å². The monoisotopic (exact) mass is 505 g/mol. The first-order chi connectivity index (χ1) is 16.1. The smallest absolute Gasteiger partial charge is 0.326 e. The fraction of sp³-hybridized carbons (Fsp3) is 0.556. The number of primary amides is 1. The summed E-state index contributed by atoms with van der Waals surface area (Å²) in [6.45, 7) is 0. The molecule has 0 aromatic carbocycles. The molecule has 196 valence electrons. The summed E-state index contributed by atoms with van der Waals surface area (Å²) in [4.78, 5) is 92.1. The minimum absolute atomic E-state index is 0.311. The number of carboxylic acids is 4. The van der Waals surface area contributed by atoms with Crippen LogP contribution in [0.4, 0.5) is 0 Å². The molecule has 0 spiro atoms. The topological polar surface area (TPSA) is 306 Å². The van der Waals surface area contributed by atoms with Gasteiger partial charge in [-0.1, -0.05) is 0 Å². The summed E-state index contributed by atoms with van der Waals surface area (Å²) >= 11 is 0. The number of hydrogen-bond acceptors (Lipinski definition) is 9.